The van der Waals surface area contributed by atoms with Crippen molar-refractivity contribution in [2.45, 2.75) is 20.3 Å². The van der Waals surface area contributed by atoms with Gasteiger partial charge in [-0.3, -0.25) is 4.79 Å². The second kappa shape index (κ2) is 7.63. The standard InChI is InChI=1S/C18H22N2O3/c1-12-5-7-15(13(2)21)18(20-12)19-10-9-14-6-8-16(22-3)17(11-14)23-4/h5-8,11H,9-10H2,1-4H3,(H,19,20). The van der Waals surface area contributed by atoms with Crippen molar-refractivity contribution in [2.24, 2.45) is 0 Å². The molecule has 0 aliphatic heterocycles. The fourth-order valence-corrected chi connectivity index (χ4v) is 2.34. The molecule has 122 valence electrons. The minimum Gasteiger partial charge on any atom is -0.493 e. The van der Waals surface area contributed by atoms with E-state index in [9.17, 15) is 4.79 Å². The number of carbonyl (C=O) groups excluding carboxylic acids is 1. The molecular weight excluding hydrogens is 292 g/mol. The first kappa shape index (κ1) is 16.8. The smallest absolute Gasteiger partial charge is 0.163 e. The second-order valence-electron chi connectivity index (χ2n) is 5.27. The van der Waals surface area contributed by atoms with E-state index < -0.39 is 0 Å². The van der Waals surface area contributed by atoms with Gasteiger partial charge in [-0.25, -0.2) is 4.98 Å². The number of pyridine rings is 1. The Balaban J connectivity index is 2.05. The topological polar surface area (TPSA) is 60.5 Å². The van der Waals surface area contributed by atoms with Crippen LogP contribution in [0.25, 0.3) is 0 Å². The Morgan fingerprint density at radius 1 is 1.13 bits per heavy atom. The second-order valence-corrected chi connectivity index (χ2v) is 5.27. The third kappa shape index (κ3) is 4.22. The molecule has 0 bridgehead atoms. The summed E-state index contributed by atoms with van der Waals surface area (Å²) >= 11 is 0. The molecule has 0 saturated heterocycles. The molecule has 5 nitrogen and oxygen atoms in total. The molecule has 0 unspecified atom stereocenters. The summed E-state index contributed by atoms with van der Waals surface area (Å²) in [5.41, 5.74) is 2.61. The highest BCUT2D eigenvalue weighted by molar-refractivity contribution is 5.98. The van der Waals surface area contributed by atoms with Gasteiger partial charge in [0.15, 0.2) is 17.3 Å². The fourth-order valence-electron chi connectivity index (χ4n) is 2.34. The maximum atomic E-state index is 11.7. The Morgan fingerprint density at radius 2 is 1.87 bits per heavy atom. The van der Waals surface area contributed by atoms with Gasteiger partial charge in [-0.2, -0.15) is 0 Å². The van der Waals surface area contributed by atoms with E-state index in [1.165, 1.54) is 0 Å². The van der Waals surface area contributed by atoms with Crippen LogP contribution in [0.4, 0.5) is 5.82 Å². The van der Waals surface area contributed by atoms with Crippen LogP contribution in [0.15, 0.2) is 30.3 Å². The summed E-state index contributed by atoms with van der Waals surface area (Å²) in [5.74, 6) is 2.07. The van der Waals surface area contributed by atoms with E-state index >= 15 is 0 Å². The SMILES string of the molecule is COc1ccc(CCNc2nc(C)ccc2C(C)=O)cc1OC. The number of aryl methyl sites for hydroxylation is 1. The van der Waals surface area contributed by atoms with Crippen LogP contribution in [0, 0.1) is 6.92 Å². The number of ether oxygens (including phenoxy) is 2. The van der Waals surface area contributed by atoms with Crippen molar-refractivity contribution in [1.82, 2.24) is 4.98 Å². The van der Waals surface area contributed by atoms with E-state index in [2.05, 4.69) is 10.3 Å². The zero-order chi connectivity index (χ0) is 16.8. The van der Waals surface area contributed by atoms with E-state index in [0.29, 0.717) is 29.4 Å². The van der Waals surface area contributed by atoms with Crippen LogP contribution in [0.5, 0.6) is 11.5 Å². The van der Waals surface area contributed by atoms with Crippen molar-refractivity contribution >= 4 is 11.6 Å². The van der Waals surface area contributed by atoms with Crippen LogP contribution in [0.2, 0.25) is 0 Å². The Kier molecular flexibility index (Phi) is 5.57. The molecular formula is C18H22N2O3. The Labute approximate surface area is 136 Å². The molecule has 0 atom stereocenters. The molecule has 23 heavy (non-hydrogen) atoms. The molecule has 0 aliphatic rings. The molecule has 2 rings (SSSR count). The highest BCUT2D eigenvalue weighted by Gasteiger charge is 2.09. The van der Waals surface area contributed by atoms with Gasteiger partial charge in [0.2, 0.25) is 0 Å². The zero-order valence-corrected chi connectivity index (χ0v) is 14.0. The Morgan fingerprint density at radius 3 is 2.52 bits per heavy atom. The maximum absolute atomic E-state index is 11.7. The largest absolute Gasteiger partial charge is 0.493 e. The molecule has 5 heteroatoms. The Hall–Kier alpha value is -2.56. The van der Waals surface area contributed by atoms with Crippen molar-refractivity contribution in [3.05, 3.63) is 47.2 Å². The number of hydrogen-bond donors (Lipinski definition) is 1. The average molecular weight is 314 g/mol. The summed E-state index contributed by atoms with van der Waals surface area (Å²) in [6.07, 6.45) is 0.785. The number of carbonyl (C=O) groups is 1. The number of aromatic nitrogens is 1. The lowest BCUT2D eigenvalue weighted by Gasteiger charge is -2.12. The van der Waals surface area contributed by atoms with Crippen LogP contribution in [-0.2, 0) is 6.42 Å². The average Bonchev–Trinajstić information content (AvgIpc) is 2.54. The van der Waals surface area contributed by atoms with Gasteiger partial charge < -0.3 is 14.8 Å². The monoisotopic (exact) mass is 314 g/mol. The van der Waals surface area contributed by atoms with E-state index in [1.807, 2.05) is 37.3 Å². The van der Waals surface area contributed by atoms with Crippen LogP contribution in [-0.4, -0.2) is 31.5 Å². The molecule has 0 amide bonds. The predicted octanol–water partition coefficient (Wildman–Crippen LogP) is 3.26. The lowest BCUT2D eigenvalue weighted by Crippen LogP contribution is -2.11. The van der Waals surface area contributed by atoms with Crippen LogP contribution >= 0.6 is 0 Å². The zero-order valence-electron chi connectivity index (χ0n) is 14.0. The first-order valence-electron chi connectivity index (χ1n) is 7.48. The molecule has 1 N–H and O–H groups in total. The van der Waals surface area contributed by atoms with Gasteiger partial charge in [0.1, 0.15) is 5.82 Å². The number of methoxy groups -OCH3 is 2. The number of Topliss-reactive ketones (excluding diaryl/α,β-unsaturated/α-hetero) is 1. The van der Waals surface area contributed by atoms with Crippen molar-refractivity contribution < 1.29 is 14.3 Å². The van der Waals surface area contributed by atoms with Gasteiger partial charge >= 0.3 is 0 Å². The first-order valence-corrected chi connectivity index (χ1v) is 7.48. The predicted molar refractivity (Wildman–Crippen MR) is 90.7 cm³/mol. The van der Waals surface area contributed by atoms with Gasteiger partial charge in [-0.1, -0.05) is 6.07 Å². The molecule has 0 radical (unpaired) electrons. The highest BCUT2D eigenvalue weighted by Crippen LogP contribution is 2.27. The number of nitrogens with one attached hydrogen (secondary N) is 1. The molecule has 1 aromatic carbocycles. The summed E-state index contributed by atoms with van der Waals surface area (Å²) in [4.78, 5) is 16.1. The van der Waals surface area contributed by atoms with Gasteiger partial charge in [-0.05, 0) is 50.1 Å². The van der Waals surface area contributed by atoms with Gasteiger partial charge in [0.25, 0.3) is 0 Å². The molecule has 0 fully saturated rings. The number of hydrogen-bond acceptors (Lipinski definition) is 5. The van der Waals surface area contributed by atoms with Crippen LogP contribution in [0.1, 0.15) is 28.5 Å². The number of ketones is 1. The number of benzene rings is 1. The van der Waals surface area contributed by atoms with Gasteiger partial charge in [0.05, 0.1) is 19.8 Å². The van der Waals surface area contributed by atoms with E-state index in [4.69, 9.17) is 9.47 Å². The third-order valence-electron chi connectivity index (χ3n) is 3.57. The van der Waals surface area contributed by atoms with Gasteiger partial charge in [0, 0.05) is 12.2 Å². The van der Waals surface area contributed by atoms with E-state index in [1.54, 1.807) is 21.1 Å². The summed E-state index contributed by atoms with van der Waals surface area (Å²) in [7, 11) is 3.24. The summed E-state index contributed by atoms with van der Waals surface area (Å²) in [6.45, 7) is 4.13. The molecule has 2 aromatic rings. The molecule has 0 aliphatic carbocycles. The molecule has 1 aromatic heterocycles. The summed E-state index contributed by atoms with van der Waals surface area (Å²) < 4.78 is 10.5. The van der Waals surface area contributed by atoms with Crippen molar-refractivity contribution in [3.8, 4) is 11.5 Å². The minimum atomic E-state index is 0.00566. The lowest BCUT2D eigenvalue weighted by atomic mass is 10.1. The molecule has 1 heterocycles. The van der Waals surface area contributed by atoms with E-state index in [-0.39, 0.29) is 5.78 Å². The Bertz CT molecular complexity index is 699. The van der Waals surface area contributed by atoms with Crippen molar-refractivity contribution in [2.75, 3.05) is 26.1 Å². The number of anilines is 1. The van der Waals surface area contributed by atoms with E-state index in [0.717, 1.165) is 17.7 Å². The summed E-state index contributed by atoms with van der Waals surface area (Å²) in [5, 5.41) is 3.25. The van der Waals surface area contributed by atoms with Crippen LogP contribution in [0.3, 0.4) is 0 Å². The lowest BCUT2D eigenvalue weighted by molar-refractivity contribution is 0.101. The third-order valence-corrected chi connectivity index (χ3v) is 3.57. The van der Waals surface area contributed by atoms with Crippen molar-refractivity contribution in [1.29, 1.82) is 0 Å². The fraction of sp³-hybridized carbons (Fsp3) is 0.333. The first-order chi connectivity index (χ1) is 11.0. The molecule has 0 saturated carbocycles. The minimum absolute atomic E-state index is 0.00566. The highest BCUT2D eigenvalue weighted by atomic mass is 16.5. The molecule has 0 spiro atoms. The van der Waals surface area contributed by atoms with Gasteiger partial charge in [-0.15, -0.1) is 0 Å². The van der Waals surface area contributed by atoms with Crippen molar-refractivity contribution in [3.63, 3.8) is 0 Å². The quantitative estimate of drug-likeness (QED) is 0.795. The number of rotatable bonds is 7. The number of nitrogens with zero attached hydrogens (tertiary/aromatic N) is 1. The van der Waals surface area contributed by atoms with Crippen LogP contribution < -0.4 is 14.8 Å². The maximum Gasteiger partial charge on any atom is 0.163 e. The normalized spacial score (nSPS) is 10.3. The summed E-state index contributed by atoms with van der Waals surface area (Å²) in [6, 6.07) is 9.49.